The Hall–Kier alpha value is -1.92. The predicted octanol–water partition coefficient (Wildman–Crippen LogP) is 2.00. The molecular weight excluding hydrogens is 227 g/mol. The molecule has 0 saturated carbocycles. The van der Waals surface area contributed by atoms with Crippen LogP contribution >= 0.6 is 0 Å². The van der Waals surface area contributed by atoms with E-state index in [1.807, 2.05) is 0 Å². The molecule has 0 aliphatic heterocycles. The van der Waals surface area contributed by atoms with Gasteiger partial charge in [0.05, 0.1) is 5.56 Å². The number of ketones is 1. The zero-order valence-corrected chi connectivity index (χ0v) is 8.00. The van der Waals surface area contributed by atoms with Crippen LogP contribution in [-0.4, -0.2) is 21.8 Å². The Morgan fingerprint density at radius 1 is 1.25 bits per heavy atom. The largest absolute Gasteiger partial charge is 0.477 e. The molecule has 0 aliphatic rings. The third-order valence-electron chi connectivity index (χ3n) is 1.73. The quantitative estimate of drug-likeness (QED) is 0.793. The van der Waals surface area contributed by atoms with Gasteiger partial charge in [-0.3, -0.25) is 4.79 Å². The van der Waals surface area contributed by atoms with Gasteiger partial charge in [-0.05, 0) is 12.1 Å². The SMILES string of the molecule is CC(=O)c1cc(C(F)(F)F)cc(C(=O)O)n1. The van der Waals surface area contributed by atoms with Crippen molar-refractivity contribution in [2.75, 3.05) is 0 Å². The molecule has 0 unspecified atom stereocenters. The molecular formula is C9H6F3NO3. The van der Waals surface area contributed by atoms with Crippen molar-refractivity contribution in [3.63, 3.8) is 0 Å². The Morgan fingerprint density at radius 3 is 2.12 bits per heavy atom. The summed E-state index contributed by atoms with van der Waals surface area (Å²) >= 11 is 0. The summed E-state index contributed by atoms with van der Waals surface area (Å²) in [6, 6.07) is 0.906. The van der Waals surface area contributed by atoms with Crippen molar-refractivity contribution in [2.45, 2.75) is 13.1 Å². The molecule has 0 saturated heterocycles. The molecule has 1 rings (SSSR count). The monoisotopic (exact) mass is 233 g/mol. The molecule has 1 N–H and O–H groups in total. The van der Waals surface area contributed by atoms with Crippen LogP contribution in [0.2, 0.25) is 0 Å². The second-order valence-electron chi connectivity index (χ2n) is 2.99. The first-order chi connectivity index (χ1) is 7.21. The summed E-state index contributed by atoms with van der Waals surface area (Å²) in [6.07, 6.45) is -4.71. The third kappa shape index (κ3) is 2.56. The maximum absolute atomic E-state index is 12.3. The fraction of sp³-hybridized carbons (Fsp3) is 0.222. The number of rotatable bonds is 2. The van der Waals surface area contributed by atoms with Crippen molar-refractivity contribution in [2.24, 2.45) is 0 Å². The van der Waals surface area contributed by atoms with Crippen molar-refractivity contribution < 1.29 is 27.9 Å². The number of pyridine rings is 1. The molecule has 1 heterocycles. The van der Waals surface area contributed by atoms with E-state index in [9.17, 15) is 22.8 Å². The highest BCUT2D eigenvalue weighted by molar-refractivity contribution is 5.94. The van der Waals surface area contributed by atoms with Crippen LogP contribution in [0.25, 0.3) is 0 Å². The second kappa shape index (κ2) is 3.92. The van der Waals surface area contributed by atoms with E-state index in [2.05, 4.69) is 4.98 Å². The van der Waals surface area contributed by atoms with Crippen LogP contribution in [0, 0.1) is 0 Å². The van der Waals surface area contributed by atoms with Gasteiger partial charge in [0.15, 0.2) is 5.78 Å². The highest BCUT2D eigenvalue weighted by atomic mass is 19.4. The van der Waals surface area contributed by atoms with Crippen molar-refractivity contribution in [1.82, 2.24) is 4.98 Å². The lowest BCUT2D eigenvalue weighted by Gasteiger charge is -2.08. The number of halogens is 3. The lowest BCUT2D eigenvalue weighted by Crippen LogP contribution is -2.12. The predicted molar refractivity (Wildman–Crippen MR) is 46.2 cm³/mol. The zero-order chi connectivity index (χ0) is 12.5. The summed E-state index contributed by atoms with van der Waals surface area (Å²) in [5.41, 5.74) is -2.53. The van der Waals surface area contributed by atoms with Gasteiger partial charge in [0.2, 0.25) is 0 Å². The van der Waals surface area contributed by atoms with Crippen LogP contribution in [0.1, 0.15) is 33.5 Å². The molecule has 0 aliphatic carbocycles. The number of hydrogen-bond acceptors (Lipinski definition) is 3. The van der Waals surface area contributed by atoms with Gasteiger partial charge in [0.25, 0.3) is 0 Å². The molecule has 16 heavy (non-hydrogen) atoms. The van der Waals surface area contributed by atoms with Crippen molar-refractivity contribution >= 4 is 11.8 Å². The molecule has 7 heteroatoms. The minimum atomic E-state index is -4.71. The highest BCUT2D eigenvalue weighted by Gasteiger charge is 2.32. The van der Waals surface area contributed by atoms with Gasteiger partial charge < -0.3 is 5.11 Å². The Labute approximate surface area is 87.7 Å². The number of nitrogens with zero attached hydrogens (tertiary/aromatic N) is 1. The number of carboxylic acid groups (broad SMARTS) is 1. The van der Waals surface area contributed by atoms with E-state index in [0.717, 1.165) is 6.92 Å². The third-order valence-corrected chi connectivity index (χ3v) is 1.73. The first-order valence-corrected chi connectivity index (χ1v) is 4.05. The van der Waals surface area contributed by atoms with Crippen molar-refractivity contribution in [3.8, 4) is 0 Å². The standard InChI is InChI=1S/C9H6F3NO3/c1-4(14)6-2-5(9(10,11)12)3-7(13-6)8(15)16/h2-3H,1H3,(H,15,16). The average Bonchev–Trinajstić information content (AvgIpc) is 2.15. The Kier molecular flexibility index (Phi) is 2.97. The lowest BCUT2D eigenvalue weighted by atomic mass is 10.1. The average molecular weight is 233 g/mol. The molecule has 1 aromatic heterocycles. The van der Waals surface area contributed by atoms with Crippen LogP contribution in [0.3, 0.4) is 0 Å². The molecule has 1 aromatic rings. The number of aromatic carboxylic acids is 1. The molecule has 0 bridgehead atoms. The first kappa shape index (κ1) is 12.2. The zero-order valence-electron chi connectivity index (χ0n) is 8.00. The Morgan fingerprint density at radius 2 is 1.75 bits per heavy atom. The van der Waals surface area contributed by atoms with E-state index in [1.54, 1.807) is 0 Å². The van der Waals surface area contributed by atoms with E-state index in [1.165, 1.54) is 0 Å². The van der Waals surface area contributed by atoms with Gasteiger partial charge in [0, 0.05) is 6.92 Å². The topological polar surface area (TPSA) is 67.3 Å². The molecule has 0 aromatic carbocycles. The van der Waals surface area contributed by atoms with E-state index >= 15 is 0 Å². The maximum Gasteiger partial charge on any atom is 0.416 e. The number of carbonyl (C=O) groups excluding carboxylic acids is 1. The second-order valence-corrected chi connectivity index (χ2v) is 2.99. The molecule has 0 atom stereocenters. The van der Waals surface area contributed by atoms with Crippen molar-refractivity contribution in [3.05, 3.63) is 29.1 Å². The number of alkyl halides is 3. The van der Waals surface area contributed by atoms with E-state index in [0.29, 0.717) is 12.1 Å². The van der Waals surface area contributed by atoms with Crippen LogP contribution in [0.5, 0.6) is 0 Å². The van der Waals surface area contributed by atoms with Gasteiger partial charge in [-0.1, -0.05) is 0 Å². The molecule has 0 spiro atoms. The van der Waals surface area contributed by atoms with Gasteiger partial charge >= 0.3 is 12.1 Å². The minimum absolute atomic E-state index is 0.384. The normalized spacial score (nSPS) is 11.2. The summed E-state index contributed by atoms with van der Waals surface area (Å²) < 4.78 is 37.0. The number of carbonyl (C=O) groups is 2. The molecule has 0 fully saturated rings. The van der Waals surface area contributed by atoms with E-state index in [-0.39, 0.29) is 0 Å². The number of carboxylic acids is 1. The molecule has 0 amide bonds. The summed E-state index contributed by atoms with van der Waals surface area (Å²) in [5.74, 6) is -2.35. The number of Topliss-reactive ketones (excluding diaryl/α,β-unsaturated/α-hetero) is 1. The van der Waals surface area contributed by atoms with Crippen LogP contribution < -0.4 is 0 Å². The van der Waals surface area contributed by atoms with Crippen LogP contribution in [0.15, 0.2) is 12.1 Å². The van der Waals surface area contributed by atoms with E-state index in [4.69, 9.17) is 5.11 Å². The van der Waals surface area contributed by atoms with Gasteiger partial charge in [-0.15, -0.1) is 0 Å². The fourth-order valence-corrected chi connectivity index (χ4v) is 0.984. The first-order valence-electron chi connectivity index (χ1n) is 4.05. The molecule has 86 valence electrons. The van der Waals surface area contributed by atoms with E-state index < -0.39 is 34.9 Å². The number of aromatic nitrogens is 1. The van der Waals surface area contributed by atoms with Crippen LogP contribution in [-0.2, 0) is 6.18 Å². The molecule has 0 radical (unpaired) electrons. The Bertz CT molecular complexity index is 422. The van der Waals surface area contributed by atoms with Gasteiger partial charge in [0.1, 0.15) is 11.4 Å². The van der Waals surface area contributed by atoms with Gasteiger partial charge in [-0.2, -0.15) is 13.2 Å². The minimum Gasteiger partial charge on any atom is -0.477 e. The number of hydrogen-bond donors (Lipinski definition) is 1. The molecule has 4 nitrogen and oxygen atoms in total. The Balaban J connectivity index is 3.42. The smallest absolute Gasteiger partial charge is 0.416 e. The summed E-state index contributed by atoms with van der Waals surface area (Å²) in [6.45, 7) is 1.01. The van der Waals surface area contributed by atoms with Gasteiger partial charge in [-0.25, -0.2) is 9.78 Å². The summed E-state index contributed by atoms with van der Waals surface area (Å²) in [5, 5.41) is 8.54. The van der Waals surface area contributed by atoms with Crippen LogP contribution in [0.4, 0.5) is 13.2 Å². The maximum atomic E-state index is 12.3. The summed E-state index contributed by atoms with van der Waals surface area (Å²) in [4.78, 5) is 24.7. The van der Waals surface area contributed by atoms with Crippen molar-refractivity contribution in [1.29, 1.82) is 0 Å². The summed E-state index contributed by atoms with van der Waals surface area (Å²) in [7, 11) is 0. The lowest BCUT2D eigenvalue weighted by molar-refractivity contribution is -0.137. The fourth-order valence-electron chi connectivity index (χ4n) is 0.984. The highest BCUT2D eigenvalue weighted by Crippen LogP contribution is 2.30.